The van der Waals surface area contributed by atoms with Crippen molar-refractivity contribution in [3.05, 3.63) is 16.4 Å². The van der Waals surface area contributed by atoms with E-state index in [-0.39, 0.29) is 6.54 Å². The average molecular weight is 167 g/mol. The molecule has 0 fully saturated rings. The molecular formula is C6H7N4O2+. The highest BCUT2D eigenvalue weighted by atomic mass is 16.3. The smallest absolute Gasteiger partial charge is 0.485 e. The van der Waals surface area contributed by atoms with Gasteiger partial charge in [0.25, 0.3) is 0 Å². The molecule has 1 amide bonds. The van der Waals surface area contributed by atoms with E-state index in [1.165, 1.54) is 6.92 Å². The van der Waals surface area contributed by atoms with Gasteiger partial charge in [0.15, 0.2) is 10.7 Å². The molecule has 0 aromatic rings. The minimum atomic E-state index is -0.793. The number of hydrogen-bond acceptors (Lipinski definition) is 4. The second-order valence-corrected chi connectivity index (χ2v) is 1.87. The molecule has 0 aromatic heterocycles. The number of aliphatic hydroxyl groups is 1. The SMILES string of the molecule is C/C(O)=C(/[N+]#N)C(=O)NCC#N. The first-order valence-electron chi connectivity index (χ1n) is 3.03. The Morgan fingerprint density at radius 1 is 1.75 bits per heavy atom. The summed E-state index contributed by atoms with van der Waals surface area (Å²) in [4.78, 5) is 13.4. The summed E-state index contributed by atoms with van der Waals surface area (Å²) in [6, 6.07) is 1.66. The van der Waals surface area contributed by atoms with Gasteiger partial charge in [-0.2, -0.15) is 5.26 Å². The second kappa shape index (κ2) is 4.69. The number of rotatable bonds is 2. The number of nitriles is 1. The largest absolute Gasteiger partial charge is 0.505 e. The van der Waals surface area contributed by atoms with E-state index in [0.29, 0.717) is 0 Å². The first-order valence-corrected chi connectivity index (χ1v) is 3.03. The minimum Gasteiger partial charge on any atom is -0.505 e. The van der Waals surface area contributed by atoms with Crippen LogP contribution in [0.4, 0.5) is 0 Å². The molecule has 62 valence electrons. The number of diazo groups is 1. The number of amides is 1. The van der Waals surface area contributed by atoms with Crippen LogP contribution in [0.5, 0.6) is 0 Å². The van der Waals surface area contributed by atoms with Crippen molar-refractivity contribution in [2.45, 2.75) is 6.92 Å². The fraction of sp³-hybridized carbons (Fsp3) is 0.333. The molecule has 0 radical (unpaired) electrons. The van der Waals surface area contributed by atoms with Gasteiger partial charge >= 0.3 is 11.6 Å². The molecule has 0 atom stereocenters. The second-order valence-electron chi connectivity index (χ2n) is 1.87. The Hall–Kier alpha value is -2.08. The van der Waals surface area contributed by atoms with Crippen molar-refractivity contribution in [2.24, 2.45) is 0 Å². The minimum absolute atomic E-state index is 0.203. The monoisotopic (exact) mass is 167 g/mol. The average Bonchev–Trinajstić information content (AvgIpc) is 2.01. The van der Waals surface area contributed by atoms with E-state index in [9.17, 15) is 4.79 Å². The molecule has 0 unspecified atom stereocenters. The Labute approximate surface area is 68.7 Å². The Morgan fingerprint density at radius 2 is 2.33 bits per heavy atom. The van der Waals surface area contributed by atoms with Crippen LogP contribution in [-0.4, -0.2) is 17.6 Å². The van der Waals surface area contributed by atoms with Gasteiger partial charge in [-0.1, -0.05) is 0 Å². The zero-order valence-electron chi connectivity index (χ0n) is 6.40. The number of carbonyl (C=O) groups excluding carboxylic acids is 1. The van der Waals surface area contributed by atoms with Crippen LogP contribution in [0.25, 0.3) is 4.98 Å². The van der Waals surface area contributed by atoms with Crippen molar-refractivity contribution in [2.75, 3.05) is 6.54 Å². The molecular weight excluding hydrogens is 160 g/mol. The van der Waals surface area contributed by atoms with E-state index in [1.807, 2.05) is 0 Å². The van der Waals surface area contributed by atoms with Crippen molar-refractivity contribution in [3.8, 4) is 6.07 Å². The predicted octanol–water partition coefficient (Wildman–Crippen LogP) is 0.269. The Bertz CT molecular complexity index is 290. The lowest BCUT2D eigenvalue weighted by molar-refractivity contribution is -0.117. The lowest BCUT2D eigenvalue weighted by Gasteiger charge is -1.90. The van der Waals surface area contributed by atoms with E-state index in [2.05, 4.69) is 10.3 Å². The zero-order valence-corrected chi connectivity index (χ0v) is 6.40. The molecule has 0 heterocycles. The van der Waals surface area contributed by atoms with Crippen molar-refractivity contribution in [1.82, 2.24) is 5.32 Å². The highest BCUT2D eigenvalue weighted by Crippen LogP contribution is 2.01. The maximum atomic E-state index is 10.8. The molecule has 0 aliphatic heterocycles. The van der Waals surface area contributed by atoms with Gasteiger partial charge < -0.3 is 10.4 Å². The third-order valence-corrected chi connectivity index (χ3v) is 0.986. The first-order chi connectivity index (χ1) is 5.63. The van der Waals surface area contributed by atoms with Crippen LogP contribution in [0, 0.1) is 16.7 Å². The van der Waals surface area contributed by atoms with Crippen molar-refractivity contribution >= 4 is 5.91 Å². The summed E-state index contributed by atoms with van der Waals surface area (Å²) in [6.45, 7) is 0.992. The van der Waals surface area contributed by atoms with E-state index >= 15 is 0 Å². The van der Waals surface area contributed by atoms with E-state index in [0.717, 1.165) is 0 Å². The van der Waals surface area contributed by atoms with Crippen molar-refractivity contribution in [1.29, 1.82) is 10.7 Å². The zero-order chi connectivity index (χ0) is 9.56. The van der Waals surface area contributed by atoms with Gasteiger partial charge in [0, 0.05) is 6.92 Å². The summed E-state index contributed by atoms with van der Waals surface area (Å²) in [6.07, 6.45) is 0. The summed E-state index contributed by atoms with van der Waals surface area (Å²) < 4.78 is 0. The fourth-order valence-corrected chi connectivity index (χ4v) is 0.486. The van der Waals surface area contributed by atoms with Crippen LogP contribution in [-0.2, 0) is 4.79 Å². The first kappa shape index (κ1) is 9.92. The molecule has 0 saturated carbocycles. The quantitative estimate of drug-likeness (QED) is 0.266. The normalized spacial score (nSPS) is 10.6. The molecule has 0 rings (SSSR count). The van der Waals surface area contributed by atoms with Gasteiger partial charge in [0.2, 0.25) is 5.39 Å². The van der Waals surface area contributed by atoms with Gasteiger partial charge in [0.05, 0.1) is 6.07 Å². The Kier molecular flexibility index (Phi) is 3.88. The molecule has 6 nitrogen and oxygen atoms in total. The lowest BCUT2D eigenvalue weighted by Crippen LogP contribution is -2.24. The highest BCUT2D eigenvalue weighted by molar-refractivity contribution is 5.95. The Morgan fingerprint density at radius 3 is 2.67 bits per heavy atom. The molecule has 2 N–H and O–H groups in total. The van der Waals surface area contributed by atoms with Gasteiger partial charge in [0.1, 0.15) is 6.54 Å². The van der Waals surface area contributed by atoms with E-state index in [4.69, 9.17) is 15.8 Å². The van der Waals surface area contributed by atoms with Crippen LogP contribution in [0.1, 0.15) is 6.92 Å². The van der Waals surface area contributed by atoms with Gasteiger partial charge in [-0.15, -0.1) is 0 Å². The predicted molar refractivity (Wildman–Crippen MR) is 39.0 cm³/mol. The van der Waals surface area contributed by atoms with E-state index < -0.39 is 17.4 Å². The van der Waals surface area contributed by atoms with Crippen molar-refractivity contribution in [3.63, 3.8) is 0 Å². The number of nitrogens with one attached hydrogen (secondary N) is 1. The summed E-state index contributed by atoms with van der Waals surface area (Å²) in [7, 11) is 0. The number of aliphatic hydroxyl groups excluding tert-OH is 1. The van der Waals surface area contributed by atoms with Gasteiger partial charge in [-0.05, 0) is 0 Å². The van der Waals surface area contributed by atoms with Crippen LogP contribution < -0.4 is 5.32 Å². The third kappa shape index (κ3) is 2.67. The third-order valence-electron chi connectivity index (χ3n) is 0.986. The standard InChI is InChI=1S/C6H6N4O2/c1-4(11)5(10-8)6(12)9-3-2-7/h3H2,1H3,(H-,9,11,12)/p+1. The van der Waals surface area contributed by atoms with Gasteiger partial charge in [-0.3, -0.25) is 4.79 Å². The van der Waals surface area contributed by atoms with E-state index in [1.54, 1.807) is 6.07 Å². The van der Waals surface area contributed by atoms with Crippen LogP contribution in [0.15, 0.2) is 11.5 Å². The molecule has 6 heteroatoms. The maximum absolute atomic E-state index is 10.8. The van der Waals surface area contributed by atoms with Crippen molar-refractivity contribution < 1.29 is 9.90 Å². The molecule has 0 saturated heterocycles. The maximum Gasteiger partial charge on any atom is 0.485 e. The van der Waals surface area contributed by atoms with Crippen LogP contribution >= 0.6 is 0 Å². The summed E-state index contributed by atoms with van der Waals surface area (Å²) >= 11 is 0. The number of carbonyl (C=O) groups is 1. The fourth-order valence-electron chi connectivity index (χ4n) is 0.486. The Balaban J connectivity index is 4.41. The topological polar surface area (TPSA) is 101 Å². The molecule has 0 aromatic carbocycles. The van der Waals surface area contributed by atoms with Gasteiger partial charge in [-0.25, -0.2) is 0 Å². The number of nitrogens with zero attached hydrogens (tertiary/aromatic N) is 3. The molecule has 0 bridgehead atoms. The highest BCUT2D eigenvalue weighted by Gasteiger charge is 2.25. The summed E-state index contributed by atoms with van der Waals surface area (Å²) in [5.74, 6) is -1.20. The lowest BCUT2D eigenvalue weighted by atomic mass is 10.3. The summed E-state index contributed by atoms with van der Waals surface area (Å²) in [5, 5.41) is 27.2. The van der Waals surface area contributed by atoms with Crippen LogP contribution in [0.2, 0.25) is 0 Å². The number of hydrogen-bond donors (Lipinski definition) is 2. The molecule has 12 heavy (non-hydrogen) atoms. The molecule has 0 aliphatic rings. The molecule has 0 spiro atoms. The van der Waals surface area contributed by atoms with Crippen LogP contribution in [0.3, 0.4) is 0 Å². The molecule has 0 aliphatic carbocycles. The summed E-state index contributed by atoms with van der Waals surface area (Å²) in [5.41, 5.74) is -0.495. The number of allylic oxidation sites excluding steroid dienone is 1.